The van der Waals surface area contributed by atoms with Crippen LogP contribution >= 0.6 is 15.9 Å². The summed E-state index contributed by atoms with van der Waals surface area (Å²) < 4.78 is 34.7. The fourth-order valence-corrected chi connectivity index (χ4v) is 3.70. The predicted molar refractivity (Wildman–Crippen MR) is 99.6 cm³/mol. The van der Waals surface area contributed by atoms with Gasteiger partial charge in [0.05, 0.1) is 5.69 Å². The average molecular weight is 424 g/mol. The average Bonchev–Trinajstić information content (AvgIpc) is 3.18. The van der Waals surface area contributed by atoms with Gasteiger partial charge in [-0.25, -0.2) is 13.1 Å². The normalized spacial score (nSPS) is 11.9. The zero-order chi connectivity index (χ0) is 18.2. The first-order valence-corrected chi connectivity index (χ1v) is 9.98. The molecule has 132 valence electrons. The number of rotatable bonds is 5. The number of aromatic nitrogens is 2. The maximum absolute atomic E-state index is 12.5. The fraction of sp³-hybridized carbons (Fsp3) is 0.235. The maximum atomic E-state index is 12.5. The van der Waals surface area contributed by atoms with Gasteiger partial charge in [-0.15, -0.1) is 0 Å². The van der Waals surface area contributed by atoms with Crippen LogP contribution in [0.5, 0.6) is 0 Å². The lowest BCUT2D eigenvalue weighted by Crippen LogP contribution is -2.12. The number of nitrogens with zero attached hydrogens (tertiary/aromatic N) is 2. The first-order chi connectivity index (χ1) is 11.8. The molecule has 0 aliphatic heterocycles. The van der Waals surface area contributed by atoms with Crippen LogP contribution in [0.15, 0.2) is 56.6 Å². The van der Waals surface area contributed by atoms with Gasteiger partial charge < -0.3 is 9.09 Å². The Morgan fingerprint density at radius 1 is 1.20 bits per heavy atom. The summed E-state index contributed by atoms with van der Waals surface area (Å²) in [4.78, 5) is 0.140. The molecule has 0 amide bonds. The summed E-state index contributed by atoms with van der Waals surface area (Å²) in [5.41, 5.74) is 2.69. The quantitative estimate of drug-likeness (QED) is 0.656. The van der Waals surface area contributed by atoms with Crippen LogP contribution in [-0.2, 0) is 10.0 Å². The van der Waals surface area contributed by atoms with Gasteiger partial charge in [0, 0.05) is 18.1 Å². The molecule has 2 aromatic heterocycles. The molecule has 1 N–H and O–H groups in total. The third-order valence-corrected chi connectivity index (χ3v) is 6.10. The highest BCUT2D eigenvalue weighted by atomic mass is 79.9. The van der Waals surface area contributed by atoms with Crippen LogP contribution in [0.2, 0.25) is 0 Å². The zero-order valence-electron chi connectivity index (χ0n) is 14.0. The number of hydrogen-bond acceptors (Lipinski definition) is 4. The molecule has 0 saturated carbocycles. The largest absolute Gasteiger partial charge is 0.336 e. The van der Waals surface area contributed by atoms with Crippen molar-refractivity contribution in [2.45, 2.75) is 31.6 Å². The third-order valence-electron chi connectivity index (χ3n) is 3.85. The molecular formula is C17H18BrN3O3S. The van der Waals surface area contributed by atoms with Gasteiger partial charge in [0.1, 0.15) is 9.37 Å². The van der Waals surface area contributed by atoms with Crippen molar-refractivity contribution < 1.29 is 12.9 Å². The summed E-state index contributed by atoms with van der Waals surface area (Å²) in [5.74, 6) is 0.509. The fourth-order valence-electron chi connectivity index (χ4n) is 2.33. The van der Waals surface area contributed by atoms with Crippen molar-refractivity contribution in [2.75, 3.05) is 4.72 Å². The van der Waals surface area contributed by atoms with Crippen LogP contribution in [0.4, 0.5) is 5.88 Å². The Balaban J connectivity index is 1.86. The van der Waals surface area contributed by atoms with E-state index in [-0.39, 0.29) is 10.8 Å². The van der Waals surface area contributed by atoms with Crippen LogP contribution in [0.25, 0.3) is 5.69 Å². The van der Waals surface area contributed by atoms with Gasteiger partial charge in [0.2, 0.25) is 0 Å². The number of halogens is 1. The molecule has 0 aliphatic rings. The predicted octanol–water partition coefficient (Wildman–Crippen LogP) is 4.46. The Bertz CT molecular complexity index is 989. The lowest BCUT2D eigenvalue weighted by molar-refractivity contribution is 0.430. The van der Waals surface area contributed by atoms with E-state index in [0.29, 0.717) is 16.1 Å². The summed E-state index contributed by atoms with van der Waals surface area (Å²) >= 11 is 3.25. The molecule has 0 spiro atoms. The number of anilines is 1. The topological polar surface area (TPSA) is 77.1 Å². The first-order valence-electron chi connectivity index (χ1n) is 7.71. The minimum Gasteiger partial charge on any atom is -0.336 e. The summed E-state index contributed by atoms with van der Waals surface area (Å²) in [6.07, 6.45) is 3.27. The Morgan fingerprint density at radius 2 is 1.88 bits per heavy atom. The van der Waals surface area contributed by atoms with Crippen molar-refractivity contribution in [1.29, 1.82) is 0 Å². The van der Waals surface area contributed by atoms with E-state index in [1.54, 1.807) is 23.9 Å². The minimum absolute atomic E-state index is 0.0616. The van der Waals surface area contributed by atoms with E-state index < -0.39 is 10.0 Å². The second kappa shape index (κ2) is 6.68. The number of nitrogens with one attached hydrogen (secondary N) is 1. The monoisotopic (exact) mass is 423 g/mol. The van der Waals surface area contributed by atoms with E-state index in [0.717, 1.165) is 5.69 Å². The number of aryl methyl sites for hydroxylation is 1. The first kappa shape index (κ1) is 17.8. The van der Waals surface area contributed by atoms with Gasteiger partial charge >= 0.3 is 0 Å². The highest BCUT2D eigenvalue weighted by Gasteiger charge is 2.21. The Hall–Kier alpha value is -2.06. The van der Waals surface area contributed by atoms with Gasteiger partial charge in [-0.1, -0.05) is 31.1 Å². The van der Waals surface area contributed by atoms with Crippen molar-refractivity contribution in [3.8, 4) is 5.69 Å². The van der Waals surface area contributed by atoms with Crippen LogP contribution in [0, 0.1) is 6.92 Å². The maximum Gasteiger partial charge on any atom is 0.265 e. The summed E-state index contributed by atoms with van der Waals surface area (Å²) in [6.45, 7) is 5.97. The SMILES string of the molecule is Cc1noc(NS(=O)(=O)c2ccn(-c3ccc(C(C)C)cc3)c2)c1Br. The smallest absolute Gasteiger partial charge is 0.265 e. The standard InChI is InChI=1S/C17H18BrN3O3S/c1-11(2)13-4-6-14(7-5-13)21-9-8-15(10-21)25(22,23)20-17-16(18)12(3)19-24-17/h4-11,20H,1-3H3. The van der Waals surface area contributed by atoms with Crippen molar-refractivity contribution in [3.05, 3.63) is 58.5 Å². The van der Waals surface area contributed by atoms with Crippen molar-refractivity contribution >= 4 is 31.8 Å². The van der Waals surface area contributed by atoms with Gasteiger partial charge in [0.15, 0.2) is 0 Å². The van der Waals surface area contributed by atoms with E-state index in [4.69, 9.17) is 4.52 Å². The molecule has 0 unspecified atom stereocenters. The second-order valence-corrected chi connectivity index (χ2v) is 8.49. The van der Waals surface area contributed by atoms with Gasteiger partial charge in [-0.3, -0.25) is 0 Å². The summed E-state index contributed by atoms with van der Waals surface area (Å²) in [7, 11) is -3.77. The highest BCUT2D eigenvalue weighted by molar-refractivity contribution is 9.10. The van der Waals surface area contributed by atoms with Crippen molar-refractivity contribution in [2.24, 2.45) is 0 Å². The Labute approximate surface area is 155 Å². The molecule has 0 atom stereocenters. The molecule has 0 bridgehead atoms. The van der Waals surface area contributed by atoms with E-state index >= 15 is 0 Å². The molecule has 0 saturated heterocycles. The molecule has 0 radical (unpaired) electrons. The number of benzene rings is 1. The summed E-state index contributed by atoms with van der Waals surface area (Å²) in [6, 6.07) is 9.56. The molecule has 0 aliphatic carbocycles. The zero-order valence-corrected chi connectivity index (χ0v) is 16.4. The Morgan fingerprint density at radius 3 is 2.44 bits per heavy atom. The van der Waals surface area contributed by atoms with E-state index in [9.17, 15) is 8.42 Å². The second-order valence-electron chi connectivity index (χ2n) is 6.02. The van der Waals surface area contributed by atoms with E-state index in [2.05, 4.69) is 39.7 Å². The molecule has 1 aromatic carbocycles. The molecule has 25 heavy (non-hydrogen) atoms. The van der Waals surface area contributed by atoms with Gasteiger partial charge in [0.25, 0.3) is 15.9 Å². The molecule has 8 heteroatoms. The third kappa shape index (κ3) is 3.64. The van der Waals surface area contributed by atoms with Gasteiger partial charge in [-0.05, 0) is 52.5 Å². The van der Waals surface area contributed by atoms with Crippen LogP contribution in [-0.4, -0.2) is 18.1 Å². The molecule has 3 rings (SSSR count). The molecule has 3 aromatic rings. The van der Waals surface area contributed by atoms with E-state index in [1.807, 2.05) is 24.3 Å². The molecular weight excluding hydrogens is 406 g/mol. The van der Waals surface area contributed by atoms with Gasteiger partial charge in [-0.2, -0.15) is 0 Å². The number of hydrogen-bond donors (Lipinski definition) is 1. The van der Waals surface area contributed by atoms with Crippen LogP contribution < -0.4 is 4.72 Å². The minimum atomic E-state index is -3.77. The molecule has 6 nitrogen and oxygen atoms in total. The van der Waals surface area contributed by atoms with Crippen molar-refractivity contribution in [3.63, 3.8) is 0 Å². The van der Waals surface area contributed by atoms with Crippen LogP contribution in [0.1, 0.15) is 31.0 Å². The molecule has 2 heterocycles. The number of sulfonamides is 1. The van der Waals surface area contributed by atoms with Crippen molar-refractivity contribution in [1.82, 2.24) is 9.72 Å². The lowest BCUT2D eigenvalue weighted by Gasteiger charge is -2.07. The van der Waals surface area contributed by atoms with E-state index in [1.165, 1.54) is 11.6 Å². The lowest BCUT2D eigenvalue weighted by atomic mass is 10.0. The highest BCUT2D eigenvalue weighted by Crippen LogP contribution is 2.28. The Kier molecular flexibility index (Phi) is 4.75. The summed E-state index contributed by atoms with van der Waals surface area (Å²) in [5, 5.41) is 3.72. The van der Waals surface area contributed by atoms with Crippen LogP contribution in [0.3, 0.4) is 0 Å². The molecule has 0 fully saturated rings.